The largest absolute Gasteiger partial charge is 0.480 e. The van der Waals surface area contributed by atoms with Gasteiger partial charge >= 0.3 is 12.1 Å². The molecule has 6 heteroatoms. The van der Waals surface area contributed by atoms with Crippen molar-refractivity contribution in [1.82, 2.24) is 5.32 Å². The number of hydrogen-bond acceptors (Lipinski definition) is 4. The van der Waals surface area contributed by atoms with Gasteiger partial charge in [0.25, 0.3) is 0 Å². The molecule has 6 nitrogen and oxygen atoms in total. The van der Waals surface area contributed by atoms with Crippen molar-refractivity contribution in [1.29, 1.82) is 0 Å². The second-order valence-electron chi connectivity index (χ2n) is 5.51. The minimum absolute atomic E-state index is 0.0330. The highest BCUT2D eigenvalue weighted by atomic mass is 16.5. The Bertz CT molecular complexity index is 355. The third-order valence-corrected chi connectivity index (χ3v) is 3.92. The fraction of sp³-hybridized carbons (Fsp3) is 0.846. The van der Waals surface area contributed by atoms with Crippen LogP contribution in [0.1, 0.15) is 32.6 Å². The number of ether oxygens (including phenoxy) is 2. The Balaban J connectivity index is 2.02. The molecule has 0 spiro atoms. The maximum Gasteiger partial charge on any atom is 0.407 e. The minimum Gasteiger partial charge on any atom is -0.480 e. The van der Waals surface area contributed by atoms with Gasteiger partial charge in [0.1, 0.15) is 6.04 Å². The first-order chi connectivity index (χ1) is 9.01. The van der Waals surface area contributed by atoms with Gasteiger partial charge in [-0.1, -0.05) is 0 Å². The number of aliphatic carboxylic acids is 1. The first-order valence-corrected chi connectivity index (χ1v) is 6.74. The summed E-state index contributed by atoms with van der Waals surface area (Å²) < 4.78 is 10.4. The molecule has 4 atom stereocenters. The molecule has 1 amide bonds. The highest BCUT2D eigenvalue weighted by Gasteiger charge is 2.42. The Kier molecular flexibility index (Phi) is 4.29. The lowest BCUT2D eigenvalue weighted by Crippen LogP contribution is -2.50. The van der Waals surface area contributed by atoms with Crippen LogP contribution in [0.4, 0.5) is 4.79 Å². The normalized spacial score (nSPS) is 32.4. The van der Waals surface area contributed by atoms with Crippen LogP contribution in [0.2, 0.25) is 0 Å². The highest BCUT2D eigenvalue weighted by molar-refractivity contribution is 5.80. The van der Waals surface area contributed by atoms with E-state index in [-0.39, 0.29) is 18.1 Å². The maximum absolute atomic E-state index is 11.3. The Morgan fingerprint density at radius 1 is 1.37 bits per heavy atom. The number of amides is 1. The first-order valence-electron chi connectivity index (χ1n) is 6.74. The molecular formula is C13H21NO5. The summed E-state index contributed by atoms with van der Waals surface area (Å²) in [5.41, 5.74) is 0. The average molecular weight is 271 g/mol. The fourth-order valence-electron chi connectivity index (χ4n) is 2.84. The molecule has 1 aliphatic heterocycles. The summed E-state index contributed by atoms with van der Waals surface area (Å²) in [7, 11) is 1.23. The third-order valence-electron chi connectivity index (χ3n) is 3.92. The topological polar surface area (TPSA) is 84.9 Å². The molecule has 1 saturated heterocycles. The van der Waals surface area contributed by atoms with Crippen LogP contribution < -0.4 is 5.32 Å². The van der Waals surface area contributed by atoms with E-state index in [1.807, 2.05) is 6.92 Å². The lowest BCUT2D eigenvalue weighted by atomic mass is 9.84. The van der Waals surface area contributed by atoms with Gasteiger partial charge in [-0.05, 0) is 44.4 Å². The van der Waals surface area contributed by atoms with E-state index in [0.717, 1.165) is 12.8 Å². The number of carbonyl (C=O) groups is 2. The summed E-state index contributed by atoms with van der Waals surface area (Å²) in [4.78, 5) is 22.6. The van der Waals surface area contributed by atoms with Gasteiger partial charge in [-0.2, -0.15) is 0 Å². The molecule has 108 valence electrons. The Hall–Kier alpha value is -1.30. The zero-order chi connectivity index (χ0) is 14.0. The summed E-state index contributed by atoms with van der Waals surface area (Å²) >= 11 is 0. The van der Waals surface area contributed by atoms with E-state index in [1.165, 1.54) is 7.11 Å². The second kappa shape index (κ2) is 5.77. The molecule has 0 bridgehead atoms. The van der Waals surface area contributed by atoms with Crippen molar-refractivity contribution in [3.05, 3.63) is 0 Å². The lowest BCUT2D eigenvalue weighted by molar-refractivity contribution is -0.144. The monoisotopic (exact) mass is 271 g/mol. The van der Waals surface area contributed by atoms with Crippen LogP contribution in [0.15, 0.2) is 0 Å². The van der Waals surface area contributed by atoms with Gasteiger partial charge in [-0.3, -0.25) is 0 Å². The van der Waals surface area contributed by atoms with Crippen molar-refractivity contribution in [3.63, 3.8) is 0 Å². The molecule has 2 N–H and O–H groups in total. The minimum atomic E-state index is -1.01. The molecule has 2 fully saturated rings. The van der Waals surface area contributed by atoms with Crippen molar-refractivity contribution < 1.29 is 24.2 Å². The Morgan fingerprint density at radius 2 is 2.05 bits per heavy atom. The fourth-order valence-corrected chi connectivity index (χ4v) is 2.84. The molecule has 0 unspecified atom stereocenters. The van der Waals surface area contributed by atoms with Crippen molar-refractivity contribution in [2.24, 2.45) is 11.8 Å². The number of carboxylic acid groups (broad SMARTS) is 1. The molecule has 19 heavy (non-hydrogen) atoms. The van der Waals surface area contributed by atoms with Crippen LogP contribution >= 0.6 is 0 Å². The van der Waals surface area contributed by atoms with Crippen molar-refractivity contribution in [2.75, 3.05) is 7.11 Å². The number of carboxylic acids is 1. The third kappa shape index (κ3) is 3.59. The number of nitrogens with one attached hydrogen (secondary N) is 1. The molecule has 1 saturated carbocycles. The van der Waals surface area contributed by atoms with Gasteiger partial charge in [0.2, 0.25) is 0 Å². The number of carbonyl (C=O) groups excluding carboxylic acids is 1. The van der Waals surface area contributed by atoms with E-state index in [9.17, 15) is 14.7 Å². The molecule has 2 aliphatic rings. The number of methoxy groups -OCH3 is 1. The summed E-state index contributed by atoms with van der Waals surface area (Å²) in [5.74, 6) is -0.553. The van der Waals surface area contributed by atoms with Crippen LogP contribution in [0.3, 0.4) is 0 Å². The van der Waals surface area contributed by atoms with Crippen molar-refractivity contribution in [3.8, 4) is 0 Å². The zero-order valence-corrected chi connectivity index (χ0v) is 11.3. The summed E-state index contributed by atoms with van der Waals surface area (Å²) in [6.07, 6.45) is 3.12. The van der Waals surface area contributed by atoms with E-state index in [4.69, 9.17) is 4.74 Å². The van der Waals surface area contributed by atoms with Gasteiger partial charge in [0.15, 0.2) is 0 Å². The Morgan fingerprint density at radius 3 is 2.58 bits per heavy atom. The summed E-state index contributed by atoms with van der Waals surface area (Å²) in [6.45, 7) is 1.96. The lowest BCUT2D eigenvalue weighted by Gasteiger charge is -2.36. The van der Waals surface area contributed by atoms with Crippen LogP contribution in [0.5, 0.6) is 0 Å². The van der Waals surface area contributed by atoms with E-state index in [2.05, 4.69) is 10.1 Å². The highest BCUT2D eigenvalue weighted by Crippen LogP contribution is 2.41. The van der Waals surface area contributed by atoms with Crippen LogP contribution in [-0.4, -0.2) is 42.5 Å². The zero-order valence-electron chi connectivity index (χ0n) is 11.3. The molecule has 1 aliphatic carbocycles. The molecule has 1 heterocycles. The van der Waals surface area contributed by atoms with Gasteiger partial charge in [0.05, 0.1) is 19.3 Å². The van der Waals surface area contributed by atoms with Crippen LogP contribution in [0.25, 0.3) is 0 Å². The number of alkyl carbamates (subject to hydrolysis) is 1. The summed E-state index contributed by atoms with van der Waals surface area (Å²) in [6, 6.07) is -0.903. The van der Waals surface area contributed by atoms with Gasteiger partial charge in [0, 0.05) is 0 Å². The summed E-state index contributed by atoms with van der Waals surface area (Å²) in [5, 5.41) is 11.7. The molecular weight excluding hydrogens is 250 g/mol. The van der Waals surface area contributed by atoms with E-state index >= 15 is 0 Å². The predicted molar refractivity (Wildman–Crippen MR) is 66.7 cm³/mol. The van der Waals surface area contributed by atoms with Crippen LogP contribution in [0, 0.1) is 11.8 Å². The number of hydrogen-bond donors (Lipinski definition) is 2. The standard InChI is InChI=1S/C13H21NO5/c1-7-5-9(6-10(19-7)8-3-4-8)11(12(15)16)14-13(17)18-2/h7-11H,3-6H2,1-2H3,(H,14,17)(H,15,16)/t7-,9+,10+,11+/m1/s1. The quantitative estimate of drug-likeness (QED) is 0.807. The van der Waals surface area contributed by atoms with Crippen LogP contribution in [-0.2, 0) is 14.3 Å². The van der Waals surface area contributed by atoms with Gasteiger partial charge in [-0.15, -0.1) is 0 Å². The van der Waals surface area contributed by atoms with Crippen molar-refractivity contribution >= 4 is 12.1 Å². The van der Waals surface area contributed by atoms with E-state index < -0.39 is 18.1 Å². The molecule has 2 rings (SSSR count). The van der Waals surface area contributed by atoms with E-state index in [0.29, 0.717) is 18.8 Å². The molecule has 0 radical (unpaired) electrons. The van der Waals surface area contributed by atoms with E-state index in [1.54, 1.807) is 0 Å². The second-order valence-corrected chi connectivity index (χ2v) is 5.51. The molecule has 0 aromatic carbocycles. The number of rotatable bonds is 4. The predicted octanol–water partition coefficient (Wildman–Crippen LogP) is 1.39. The molecule has 0 aromatic heterocycles. The van der Waals surface area contributed by atoms with Gasteiger partial charge in [-0.25, -0.2) is 9.59 Å². The van der Waals surface area contributed by atoms with Gasteiger partial charge < -0.3 is 19.9 Å². The maximum atomic E-state index is 11.3. The molecule has 0 aromatic rings. The Labute approximate surface area is 112 Å². The average Bonchev–Trinajstić information content (AvgIpc) is 3.18. The SMILES string of the molecule is COC(=O)N[C@H](C(=O)O)[C@H]1C[C@@H](C)O[C@H](C2CC2)C1. The first kappa shape index (κ1) is 14.1. The van der Waals surface area contributed by atoms with Crippen molar-refractivity contribution in [2.45, 2.75) is 50.9 Å². The smallest absolute Gasteiger partial charge is 0.407 e.